The topological polar surface area (TPSA) is 12.4 Å². The number of rotatable bonds is 9. The molecular weight excluding hydrogens is 214 g/mol. The zero-order valence-electron chi connectivity index (χ0n) is 11.0. The van der Waals surface area contributed by atoms with Gasteiger partial charge in [-0.05, 0) is 6.42 Å². The minimum Gasteiger partial charge on any atom is -0.282 e. The zero-order valence-corrected chi connectivity index (χ0v) is 11.8. The molecule has 0 fully saturated rings. The first-order valence-corrected chi connectivity index (χ1v) is 8.00. The van der Waals surface area contributed by atoms with E-state index in [1.165, 1.54) is 62.2 Å². The monoisotopic (exact) mass is 241 g/mol. The number of hydrogen-bond donors (Lipinski definition) is 0. The molecule has 0 radical (unpaired) electrons. The van der Waals surface area contributed by atoms with Gasteiger partial charge in [-0.25, -0.2) is 0 Å². The highest BCUT2D eigenvalue weighted by Crippen LogP contribution is 2.23. The van der Waals surface area contributed by atoms with E-state index in [1.807, 2.05) is 11.8 Å². The van der Waals surface area contributed by atoms with Crippen LogP contribution in [-0.2, 0) is 0 Å². The summed E-state index contributed by atoms with van der Waals surface area (Å²) in [6.45, 7) is 5.68. The van der Waals surface area contributed by atoms with Crippen LogP contribution in [-0.4, -0.2) is 17.3 Å². The Balaban J connectivity index is 1.90. The maximum atomic E-state index is 4.55. The van der Waals surface area contributed by atoms with E-state index in [-0.39, 0.29) is 0 Å². The van der Waals surface area contributed by atoms with Crippen molar-refractivity contribution in [2.45, 2.75) is 65.2 Å². The molecule has 0 bridgehead atoms. The van der Waals surface area contributed by atoms with Crippen LogP contribution < -0.4 is 0 Å². The second-order valence-corrected chi connectivity index (χ2v) is 5.99. The second-order valence-electron chi connectivity index (χ2n) is 4.88. The molecule has 1 rings (SSSR count). The summed E-state index contributed by atoms with van der Waals surface area (Å²) in [4.78, 5) is 4.55. The van der Waals surface area contributed by atoms with Crippen molar-refractivity contribution in [3.05, 3.63) is 0 Å². The lowest BCUT2D eigenvalue weighted by Crippen LogP contribution is -2.04. The quantitative estimate of drug-likeness (QED) is 0.523. The van der Waals surface area contributed by atoms with Crippen LogP contribution in [0.1, 0.15) is 65.2 Å². The highest BCUT2D eigenvalue weighted by Gasteiger charge is 2.14. The summed E-state index contributed by atoms with van der Waals surface area (Å²) in [6, 6.07) is 0. The van der Waals surface area contributed by atoms with Crippen LogP contribution in [0.15, 0.2) is 4.99 Å². The summed E-state index contributed by atoms with van der Waals surface area (Å²) in [6.07, 6.45) is 11.3. The molecule has 0 N–H and O–H groups in total. The highest BCUT2D eigenvalue weighted by molar-refractivity contribution is 8.14. The van der Waals surface area contributed by atoms with Gasteiger partial charge < -0.3 is 0 Å². The van der Waals surface area contributed by atoms with Crippen molar-refractivity contribution in [3.63, 3.8) is 0 Å². The molecule has 1 aliphatic heterocycles. The van der Waals surface area contributed by atoms with E-state index >= 15 is 0 Å². The summed E-state index contributed by atoms with van der Waals surface area (Å²) in [5.74, 6) is 1.94. The number of aliphatic imine (C=N–C) groups is 1. The Morgan fingerprint density at radius 2 is 1.81 bits per heavy atom. The number of thioether (sulfide) groups is 1. The van der Waals surface area contributed by atoms with Crippen LogP contribution in [0.5, 0.6) is 0 Å². The summed E-state index contributed by atoms with van der Waals surface area (Å²) in [7, 11) is 0. The van der Waals surface area contributed by atoms with Crippen molar-refractivity contribution < 1.29 is 0 Å². The van der Waals surface area contributed by atoms with E-state index in [4.69, 9.17) is 0 Å². The SMILES string of the molecule is CCCCCCCCCC(C)C1=NCCS1. The normalized spacial score (nSPS) is 17.5. The highest BCUT2D eigenvalue weighted by atomic mass is 32.2. The minimum atomic E-state index is 0.725. The predicted molar refractivity (Wildman–Crippen MR) is 76.5 cm³/mol. The largest absolute Gasteiger partial charge is 0.282 e. The van der Waals surface area contributed by atoms with Gasteiger partial charge in [-0.1, -0.05) is 58.8 Å². The molecule has 0 saturated carbocycles. The Morgan fingerprint density at radius 1 is 1.12 bits per heavy atom. The number of nitrogens with zero attached hydrogens (tertiary/aromatic N) is 1. The third kappa shape index (κ3) is 5.93. The van der Waals surface area contributed by atoms with Crippen molar-refractivity contribution >= 4 is 16.8 Å². The molecule has 0 amide bonds. The minimum absolute atomic E-state index is 0.725. The zero-order chi connectivity index (χ0) is 11.6. The summed E-state index contributed by atoms with van der Waals surface area (Å²) in [5.41, 5.74) is 0. The Kier molecular flexibility index (Phi) is 8.00. The smallest absolute Gasteiger partial charge is 0.0705 e. The van der Waals surface area contributed by atoms with Gasteiger partial charge in [-0.2, -0.15) is 0 Å². The Hall–Kier alpha value is 0.0200. The average Bonchev–Trinajstić information content (AvgIpc) is 2.81. The van der Waals surface area contributed by atoms with E-state index in [2.05, 4.69) is 18.8 Å². The van der Waals surface area contributed by atoms with Crippen LogP contribution in [0.4, 0.5) is 0 Å². The Labute approximate surface area is 105 Å². The predicted octanol–water partition coefficient (Wildman–Crippen LogP) is 4.91. The van der Waals surface area contributed by atoms with Crippen LogP contribution in [0.3, 0.4) is 0 Å². The molecule has 94 valence electrons. The Bertz CT molecular complexity index is 201. The van der Waals surface area contributed by atoms with Gasteiger partial charge in [0.1, 0.15) is 0 Å². The van der Waals surface area contributed by atoms with Crippen molar-refractivity contribution in [2.24, 2.45) is 10.9 Å². The van der Waals surface area contributed by atoms with Gasteiger partial charge in [-0.15, -0.1) is 11.8 Å². The first-order valence-electron chi connectivity index (χ1n) is 7.01. The van der Waals surface area contributed by atoms with Crippen molar-refractivity contribution in [1.29, 1.82) is 0 Å². The van der Waals surface area contributed by atoms with Gasteiger partial charge in [-0.3, -0.25) is 4.99 Å². The maximum absolute atomic E-state index is 4.55. The van der Waals surface area contributed by atoms with Crippen molar-refractivity contribution in [1.82, 2.24) is 0 Å². The van der Waals surface area contributed by atoms with Gasteiger partial charge in [0.15, 0.2) is 0 Å². The lowest BCUT2D eigenvalue weighted by atomic mass is 10.0. The fourth-order valence-corrected chi connectivity index (χ4v) is 3.16. The van der Waals surface area contributed by atoms with E-state index in [0.29, 0.717) is 0 Å². The maximum Gasteiger partial charge on any atom is 0.0705 e. The first-order chi connectivity index (χ1) is 7.84. The lowest BCUT2D eigenvalue weighted by molar-refractivity contribution is 0.550. The lowest BCUT2D eigenvalue weighted by Gasteiger charge is -2.10. The fourth-order valence-electron chi connectivity index (χ4n) is 2.18. The fraction of sp³-hybridized carbons (Fsp3) is 0.929. The van der Waals surface area contributed by atoms with E-state index < -0.39 is 0 Å². The average molecular weight is 241 g/mol. The molecule has 1 aliphatic rings. The first kappa shape index (κ1) is 14.1. The molecule has 0 aromatic carbocycles. The molecule has 0 spiro atoms. The van der Waals surface area contributed by atoms with E-state index in [9.17, 15) is 0 Å². The summed E-state index contributed by atoms with van der Waals surface area (Å²) >= 11 is 1.98. The van der Waals surface area contributed by atoms with E-state index in [1.54, 1.807) is 0 Å². The number of unbranched alkanes of at least 4 members (excludes halogenated alkanes) is 6. The third-order valence-corrected chi connectivity index (χ3v) is 4.49. The van der Waals surface area contributed by atoms with Crippen LogP contribution >= 0.6 is 11.8 Å². The number of hydrogen-bond acceptors (Lipinski definition) is 2. The molecule has 0 saturated heterocycles. The van der Waals surface area contributed by atoms with Crippen LogP contribution in [0.2, 0.25) is 0 Å². The molecule has 0 aliphatic carbocycles. The molecular formula is C14H27NS. The standard InChI is InChI=1S/C14H27NS/c1-3-4-5-6-7-8-9-10-13(2)14-15-11-12-16-14/h13H,3-12H2,1-2H3. The summed E-state index contributed by atoms with van der Waals surface area (Å²) in [5, 5.41) is 1.42. The second kappa shape index (κ2) is 9.09. The van der Waals surface area contributed by atoms with Gasteiger partial charge >= 0.3 is 0 Å². The molecule has 1 heterocycles. The van der Waals surface area contributed by atoms with Crippen molar-refractivity contribution in [3.8, 4) is 0 Å². The molecule has 2 heteroatoms. The third-order valence-electron chi connectivity index (χ3n) is 3.27. The van der Waals surface area contributed by atoms with Gasteiger partial charge in [0.25, 0.3) is 0 Å². The molecule has 1 nitrogen and oxygen atoms in total. The van der Waals surface area contributed by atoms with Gasteiger partial charge in [0.05, 0.1) is 5.04 Å². The molecule has 0 aromatic heterocycles. The van der Waals surface area contributed by atoms with Crippen LogP contribution in [0, 0.1) is 5.92 Å². The molecule has 16 heavy (non-hydrogen) atoms. The van der Waals surface area contributed by atoms with Crippen molar-refractivity contribution in [2.75, 3.05) is 12.3 Å². The van der Waals surface area contributed by atoms with E-state index in [0.717, 1.165) is 12.5 Å². The van der Waals surface area contributed by atoms with Gasteiger partial charge in [0, 0.05) is 18.2 Å². The molecule has 0 aromatic rings. The molecule has 1 unspecified atom stereocenters. The molecule has 1 atom stereocenters. The summed E-state index contributed by atoms with van der Waals surface area (Å²) < 4.78 is 0. The Morgan fingerprint density at radius 3 is 2.44 bits per heavy atom. The van der Waals surface area contributed by atoms with Gasteiger partial charge in [0.2, 0.25) is 0 Å². The van der Waals surface area contributed by atoms with Crippen LogP contribution in [0.25, 0.3) is 0 Å².